The van der Waals surface area contributed by atoms with Crippen LogP contribution in [-0.4, -0.2) is 21.3 Å². The van der Waals surface area contributed by atoms with Crippen molar-refractivity contribution in [2.24, 2.45) is 5.10 Å². The highest BCUT2D eigenvalue weighted by atomic mass is 16.3. The Hall–Kier alpha value is -2.63. The van der Waals surface area contributed by atoms with Gasteiger partial charge in [-0.2, -0.15) is 5.10 Å². The smallest absolute Gasteiger partial charge is 0.252 e. The molecule has 1 aromatic carbocycles. The van der Waals surface area contributed by atoms with Gasteiger partial charge >= 0.3 is 0 Å². The van der Waals surface area contributed by atoms with Gasteiger partial charge in [0.1, 0.15) is 5.75 Å². The fourth-order valence-electron chi connectivity index (χ4n) is 1.41. The van der Waals surface area contributed by atoms with Gasteiger partial charge in [0, 0.05) is 11.8 Å². The molecule has 0 atom stereocenters. The lowest BCUT2D eigenvalue weighted by molar-refractivity contribution is 0.475. The lowest BCUT2D eigenvalue weighted by atomic mass is 10.2. The summed E-state index contributed by atoms with van der Waals surface area (Å²) < 4.78 is 0. The number of benzene rings is 1. The van der Waals surface area contributed by atoms with E-state index in [1.54, 1.807) is 31.2 Å². The molecule has 0 saturated carbocycles. The largest absolute Gasteiger partial charge is 0.508 e. The first-order chi connectivity index (χ1) is 8.63. The molecule has 92 valence electrons. The number of aromatic nitrogens is 2. The number of hydrogen-bond donors (Lipinski definition) is 3. The molecule has 0 aliphatic heterocycles. The molecule has 1 heterocycles. The van der Waals surface area contributed by atoms with E-state index in [1.807, 2.05) is 0 Å². The zero-order valence-corrected chi connectivity index (χ0v) is 9.71. The van der Waals surface area contributed by atoms with Gasteiger partial charge in [-0.1, -0.05) is 12.1 Å². The molecule has 2 aromatic rings. The summed E-state index contributed by atoms with van der Waals surface area (Å²) >= 11 is 0. The summed E-state index contributed by atoms with van der Waals surface area (Å²) in [6.45, 7) is 1.72. The van der Waals surface area contributed by atoms with Crippen LogP contribution >= 0.6 is 0 Å². The number of aryl methyl sites for hydroxylation is 1. The zero-order chi connectivity index (χ0) is 13.0. The number of aromatic hydroxyl groups is 1. The minimum atomic E-state index is -0.238. The highest BCUT2D eigenvalue weighted by Crippen LogP contribution is 2.08. The van der Waals surface area contributed by atoms with Crippen molar-refractivity contribution in [1.29, 1.82) is 0 Å². The van der Waals surface area contributed by atoms with Crippen molar-refractivity contribution < 1.29 is 5.11 Å². The van der Waals surface area contributed by atoms with E-state index in [4.69, 9.17) is 0 Å². The molecule has 0 radical (unpaired) electrons. The van der Waals surface area contributed by atoms with E-state index in [0.717, 1.165) is 5.56 Å². The Morgan fingerprint density at radius 2 is 2.28 bits per heavy atom. The van der Waals surface area contributed by atoms with E-state index in [2.05, 4.69) is 20.5 Å². The molecule has 3 N–H and O–H groups in total. The van der Waals surface area contributed by atoms with Crippen molar-refractivity contribution in [1.82, 2.24) is 9.97 Å². The van der Waals surface area contributed by atoms with Crippen molar-refractivity contribution in [2.75, 3.05) is 5.43 Å². The topological polar surface area (TPSA) is 90.4 Å². The number of nitrogens with one attached hydrogen (secondary N) is 2. The molecule has 18 heavy (non-hydrogen) atoms. The number of aromatic amines is 1. The molecule has 6 heteroatoms. The van der Waals surface area contributed by atoms with Gasteiger partial charge in [-0.3, -0.25) is 9.78 Å². The number of phenols is 1. The zero-order valence-electron chi connectivity index (χ0n) is 9.71. The molecule has 2 rings (SSSR count). The molecule has 1 aromatic heterocycles. The predicted octanol–water partition coefficient (Wildman–Crippen LogP) is 1.23. The predicted molar refractivity (Wildman–Crippen MR) is 68.9 cm³/mol. The maximum Gasteiger partial charge on any atom is 0.252 e. The van der Waals surface area contributed by atoms with E-state index in [9.17, 15) is 9.90 Å². The first-order valence-corrected chi connectivity index (χ1v) is 5.29. The second-order valence-corrected chi connectivity index (χ2v) is 3.70. The maximum absolute atomic E-state index is 11.2. The van der Waals surface area contributed by atoms with Gasteiger partial charge in [-0.05, 0) is 24.6 Å². The Balaban J connectivity index is 2.09. The third-order valence-electron chi connectivity index (χ3n) is 2.12. The van der Waals surface area contributed by atoms with Crippen LogP contribution in [0.15, 0.2) is 40.2 Å². The van der Waals surface area contributed by atoms with Crippen molar-refractivity contribution >= 4 is 12.2 Å². The molecular formula is C12H12N4O2. The number of nitrogens with zero attached hydrogens (tertiary/aromatic N) is 2. The third-order valence-corrected chi connectivity index (χ3v) is 2.12. The molecule has 0 unspecified atom stereocenters. The van der Waals surface area contributed by atoms with Crippen molar-refractivity contribution in [3.8, 4) is 5.75 Å². The number of hydrogen-bond acceptors (Lipinski definition) is 5. The van der Waals surface area contributed by atoms with E-state index < -0.39 is 0 Å². The Morgan fingerprint density at radius 1 is 1.44 bits per heavy atom. The standard InChI is InChI=1S/C12H12N4O2/c1-8-5-11(18)15-12(14-8)16-13-7-9-3-2-4-10(17)6-9/h2-7,17H,1H3,(H2,14,15,16,18)/b13-7+. The number of rotatable bonds is 3. The SMILES string of the molecule is Cc1cc(=O)[nH]c(N/N=C/c2cccc(O)c2)n1. The average molecular weight is 244 g/mol. The number of hydrazone groups is 1. The molecule has 0 aliphatic rings. The van der Waals surface area contributed by atoms with Gasteiger partial charge in [0.15, 0.2) is 0 Å². The van der Waals surface area contributed by atoms with Gasteiger partial charge in [-0.15, -0.1) is 0 Å². The summed E-state index contributed by atoms with van der Waals surface area (Å²) in [6.07, 6.45) is 1.52. The van der Waals surface area contributed by atoms with Crippen LogP contribution in [0.5, 0.6) is 5.75 Å². The Bertz CT molecular complexity index is 634. The van der Waals surface area contributed by atoms with E-state index in [0.29, 0.717) is 5.69 Å². The molecule has 0 bridgehead atoms. The molecule has 0 aliphatic carbocycles. The van der Waals surface area contributed by atoms with Gasteiger partial charge in [0.05, 0.1) is 6.21 Å². The van der Waals surface area contributed by atoms with Gasteiger partial charge in [0.25, 0.3) is 5.56 Å². The molecule has 0 fully saturated rings. The second kappa shape index (κ2) is 5.13. The summed E-state index contributed by atoms with van der Waals surface area (Å²) in [5.74, 6) is 0.442. The summed E-state index contributed by atoms with van der Waals surface area (Å²) in [5, 5.41) is 13.2. The van der Waals surface area contributed by atoms with E-state index >= 15 is 0 Å². The molecule has 0 amide bonds. The first-order valence-electron chi connectivity index (χ1n) is 5.29. The number of H-pyrrole nitrogens is 1. The molecule has 6 nitrogen and oxygen atoms in total. The van der Waals surface area contributed by atoms with Crippen molar-refractivity contribution in [3.63, 3.8) is 0 Å². The van der Waals surface area contributed by atoms with E-state index in [-0.39, 0.29) is 17.3 Å². The minimum absolute atomic E-state index is 0.168. The highest BCUT2D eigenvalue weighted by molar-refractivity contribution is 5.80. The highest BCUT2D eigenvalue weighted by Gasteiger charge is 1.95. The third kappa shape index (κ3) is 3.18. The van der Waals surface area contributed by atoms with Crippen LogP contribution < -0.4 is 11.0 Å². The van der Waals surface area contributed by atoms with Gasteiger partial charge in [-0.25, -0.2) is 10.4 Å². The fraction of sp³-hybridized carbons (Fsp3) is 0.0833. The molecular weight excluding hydrogens is 232 g/mol. The Labute approximate surface area is 103 Å². The average Bonchev–Trinajstić information content (AvgIpc) is 2.27. The minimum Gasteiger partial charge on any atom is -0.508 e. The summed E-state index contributed by atoms with van der Waals surface area (Å²) in [5.41, 5.74) is 3.72. The summed E-state index contributed by atoms with van der Waals surface area (Å²) in [7, 11) is 0. The van der Waals surface area contributed by atoms with Gasteiger partial charge < -0.3 is 5.11 Å². The maximum atomic E-state index is 11.2. The van der Waals surface area contributed by atoms with E-state index in [1.165, 1.54) is 12.3 Å². The van der Waals surface area contributed by atoms with Crippen LogP contribution in [0.4, 0.5) is 5.95 Å². The quantitative estimate of drug-likeness (QED) is 0.559. The molecule has 0 saturated heterocycles. The lowest BCUT2D eigenvalue weighted by Crippen LogP contribution is -2.10. The van der Waals surface area contributed by atoms with Crippen LogP contribution in [0.3, 0.4) is 0 Å². The fourth-order valence-corrected chi connectivity index (χ4v) is 1.41. The monoisotopic (exact) mass is 244 g/mol. The van der Waals surface area contributed by atoms with Crippen molar-refractivity contribution in [2.45, 2.75) is 6.92 Å². The van der Waals surface area contributed by atoms with Crippen LogP contribution in [0.25, 0.3) is 0 Å². The van der Waals surface area contributed by atoms with Crippen LogP contribution in [0, 0.1) is 6.92 Å². The van der Waals surface area contributed by atoms with Crippen LogP contribution in [0.2, 0.25) is 0 Å². The summed E-state index contributed by atoms with van der Waals surface area (Å²) in [4.78, 5) is 17.7. The summed E-state index contributed by atoms with van der Waals surface area (Å²) in [6, 6.07) is 8.03. The normalized spacial score (nSPS) is 10.7. The van der Waals surface area contributed by atoms with Crippen LogP contribution in [0.1, 0.15) is 11.3 Å². The first kappa shape index (κ1) is 11.8. The van der Waals surface area contributed by atoms with Gasteiger partial charge in [0.2, 0.25) is 5.95 Å². The lowest BCUT2D eigenvalue weighted by Gasteiger charge is -1.99. The number of phenolic OH excluding ortho intramolecular Hbond substituents is 1. The number of anilines is 1. The van der Waals surface area contributed by atoms with Crippen molar-refractivity contribution in [3.05, 3.63) is 51.9 Å². The van der Waals surface area contributed by atoms with Crippen LogP contribution in [-0.2, 0) is 0 Å². The second-order valence-electron chi connectivity index (χ2n) is 3.70. The molecule has 0 spiro atoms. The Morgan fingerprint density at radius 3 is 3.00 bits per heavy atom. The Kier molecular flexibility index (Phi) is 3.38.